The molecule has 0 aliphatic rings. The molecule has 3 aromatic rings. The molecule has 0 aromatic heterocycles. The van der Waals surface area contributed by atoms with Gasteiger partial charge in [0.15, 0.2) is 0 Å². The summed E-state index contributed by atoms with van der Waals surface area (Å²) < 4.78 is 5.89. The first-order chi connectivity index (χ1) is 14.0. The first kappa shape index (κ1) is 20.4. The van der Waals surface area contributed by atoms with E-state index in [1.165, 1.54) is 0 Å². The van der Waals surface area contributed by atoms with E-state index in [-0.39, 0.29) is 5.91 Å². The molecule has 29 heavy (non-hydrogen) atoms. The maximum atomic E-state index is 12.3. The standard InChI is InChI=1S/C23H22ClN3O2/c1-27(2)21-13-9-18(10-14-21)23(28)26-25-15-19-5-3-4-6-22(19)29-16-17-7-11-20(24)12-8-17/h3-15H,16H2,1-2H3,(H,26,28)/b25-15-. The molecule has 0 spiro atoms. The van der Waals surface area contributed by atoms with E-state index in [4.69, 9.17) is 16.3 Å². The highest BCUT2D eigenvalue weighted by atomic mass is 35.5. The largest absolute Gasteiger partial charge is 0.488 e. The summed E-state index contributed by atoms with van der Waals surface area (Å²) in [5.74, 6) is 0.405. The molecule has 148 valence electrons. The summed E-state index contributed by atoms with van der Waals surface area (Å²) in [6, 6.07) is 22.3. The fourth-order valence-corrected chi connectivity index (χ4v) is 2.72. The molecule has 0 aliphatic heterocycles. The highest BCUT2D eigenvalue weighted by molar-refractivity contribution is 6.30. The molecule has 0 heterocycles. The maximum absolute atomic E-state index is 12.3. The molecule has 6 heteroatoms. The van der Waals surface area contributed by atoms with Gasteiger partial charge in [0.05, 0.1) is 6.21 Å². The number of nitrogens with one attached hydrogen (secondary N) is 1. The summed E-state index contributed by atoms with van der Waals surface area (Å²) in [4.78, 5) is 14.2. The van der Waals surface area contributed by atoms with E-state index in [1.807, 2.05) is 79.7 Å². The number of amides is 1. The minimum Gasteiger partial charge on any atom is -0.488 e. The highest BCUT2D eigenvalue weighted by Gasteiger charge is 2.05. The molecule has 3 aromatic carbocycles. The van der Waals surface area contributed by atoms with E-state index in [9.17, 15) is 4.79 Å². The fourth-order valence-electron chi connectivity index (χ4n) is 2.60. The number of hydrogen-bond donors (Lipinski definition) is 1. The molecule has 0 bridgehead atoms. The lowest BCUT2D eigenvalue weighted by Crippen LogP contribution is -2.18. The van der Waals surface area contributed by atoms with Crippen molar-refractivity contribution in [3.05, 3.63) is 94.5 Å². The summed E-state index contributed by atoms with van der Waals surface area (Å²) in [5, 5.41) is 4.76. The molecule has 5 nitrogen and oxygen atoms in total. The number of para-hydroxylation sites is 1. The second-order valence-electron chi connectivity index (χ2n) is 6.59. The zero-order chi connectivity index (χ0) is 20.6. The van der Waals surface area contributed by atoms with Gasteiger partial charge >= 0.3 is 0 Å². The average molecular weight is 408 g/mol. The number of hydrazone groups is 1. The van der Waals surface area contributed by atoms with Crippen LogP contribution in [0.4, 0.5) is 5.69 Å². The summed E-state index contributed by atoms with van der Waals surface area (Å²) in [5.41, 5.74) is 5.89. The Kier molecular flexibility index (Phi) is 6.87. The molecule has 0 radical (unpaired) electrons. The molecule has 0 unspecified atom stereocenters. The number of halogens is 1. The van der Waals surface area contributed by atoms with Crippen LogP contribution in [0.5, 0.6) is 5.75 Å². The number of nitrogens with zero attached hydrogens (tertiary/aromatic N) is 2. The van der Waals surface area contributed by atoms with E-state index in [1.54, 1.807) is 18.3 Å². The third-order valence-electron chi connectivity index (χ3n) is 4.24. The molecule has 0 fully saturated rings. The van der Waals surface area contributed by atoms with Crippen molar-refractivity contribution in [2.45, 2.75) is 6.61 Å². The van der Waals surface area contributed by atoms with Crippen LogP contribution in [0, 0.1) is 0 Å². The van der Waals surface area contributed by atoms with Gasteiger partial charge in [-0.25, -0.2) is 5.43 Å². The van der Waals surface area contributed by atoms with Gasteiger partial charge in [0.25, 0.3) is 5.91 Å². The van der Waals surface area contributed by atoms with Gasteiger partial charge in [-0.3, -0.25) is 4.79 Å². The minimum atomic E-state index is -0.272. The van der Waals surface area contributed by atoms with Crippen LogP contribution in [-0.4, -0.2) is 26.2 Å². The number of anilines is 1. The predicted octanol–water partition coefficient (Wildman–Crippen LogP) is 4.75. The van der Waals surface area contributed by atoms with Crippen molar-refractivity contribution in [3.63, 3.8) is 0 Å². The van der Waals surface area contributed by atoms with Gasteiger partial charge in [-0.15, -0.1) is 0 Å². The number of carbonyl (C=O) groups is 1. The van der Waals surface area contributed by atoms with E-state index >= 15 is 0 Å². The molecule has 0 atom stereocenters. The molecule has 1 amide bonds. The summed E-state index contributed by atoms with van der Waals surface area (Å²) >= 11 is 5.91. The van der Waals surface area contributed by atoms with Crippen molar-refractivity contribution < 1.29 is 9.53 Å². The number of ether oxygens (including phenoxy) is 1. The zero-order valence-corrected chi connectivity index (χ0v) is 17.1. The second-order valence-corrected chi connectivity index (χ2v) is 7.03. The summed E-state index contributed by atoms with van der Waals surface area (Å²) in [7, 11) is 3.90. The third kappa shape index (κ3) is 5.83. The monoisotopic (exact) mass is 407 g/mol. The van der Waals surface area contributed by atoms with Crippen LogP contribution in [0.25, 0.3) is 0 Å². The molecular formula is C23H22ClN3O2. The SMILES string of the molecule is CN(C)c1ccc(C(=O)N/N=C\c2ccccc2OCc2ccc(Cl)cc2)cc1. The number of benzene rings is 3. The van der Waals surface area contributed by atoms with E-state index in [2.05, 4.69) is 10.5 Å². The van der Waals surface area contributed by atoms with E-state index < -0.39 is 0 Å². The molecule has 0 saturated carbocycles. The number of rotatable bonds is 7. The summed E-state index contributed by atoms with van der Waals surface area (Å²) in [6.45, 7) is 0.409. The van der Waals surface area contributed by atoms with Crippen LogP contribution >= 0.6 is 11.6 Å². The van der Waals surface area contributed by atoms with Crippen LogP contribution < -0.4 is 15.1 Å². The van der Waals surface area contributed by atoms with Crippen LogP contribution in [0.1, 0.15) is 21.5 Å². The molecule has 1 N–H and O–H groups in total. The predicted molar refractivity (Wildman–Crippen MR) is 118 cm³/mol. The molecule has 0 saturated heterocycles. The quantitative estimate of drug-likeness (QED) is 0.454. The lowest BCUT2D eigenvalue weighted by molar-refractivity contribution is 0.0955. The third-order valence-corrected chi connectivity index (χ3v) is 4.49. The Morgan fingerprint density at radius 2 is 1.72 bits per heavy atom. The van der Waals surface area contributed by atoms with Gasteiger partial charge in [-0.1, -0.05) is 35.9 Å². The Balaban J connectivity index is 1.61. The Bertz CT molecular complexity index is 984. The van der Waals surface area contributed by atoms with Crippen molar-refractivity contribution in [2.75, 3.05) is 19.0 Å². The van der Waals surface area contributed by atoms with Crippen LogP contribution in [0.3, 0.4) is 0 Å². The van der Waals surface area contributed by atoms with Gasteiger partial charge < -0.3 is 9.64 Å². The van der Waals surface area contributed by atoms with Crippen LogP contribution in [0.15, 0.2) is 77.9 Å². The molecule has 0 aliphatic carbocycles. The topological polar surface area (TPSA) is 53.9 Å². The van der Waals surface area contributed by atoms with Crippen molar-refractivity contribution >= 4 is 29.4 Å². The Hall–Kier alpha value is -3.31. The Morgan fingerprint density at radius 1 is 1.03 bits per heavy atom. The van der Waals surface area contributed by atoms with Crippen molar-refractivity contribution in [1.82, 2.24) is 5.43 Å². The van der Waals surface area contributed by atoms with Crippen molar-refractivity contribution in [3.8, 4) is 5.75 Å². The van der Waals surface area contributed by atoms with Gasteiger partial charge in [0.2, 0.25) is 0 Å². The zero-order valence-electron chi connectivity index (χ0n) is 16.3. The maximum Gasteiger partial charge on any atom is 0.271 e. The van der Waals surface area contributed by atoms with E-state index in [0.29, 0.717) is 22.9 Å². The van der Waals surface area contributed by atoms with Crippen LogP contribution in [-0.2, 0) is 6.61 Å². The molecule has 3 rings (SSSR count). The first-order valence-corrected chi connectivity index (χ1v) is 9.48. The van der Waals surface area contributed by atoms with Gasteiger partial charge in [0, 0.05) is 35.9 Å². The van der Waals surface area contributed by atoms with Crippen LogP contribution in [0.2, 0.25) is 5.02 Å². The fraction of sp³-hybridized carbons (Fsp3) is 0.130. The average Bonchev–Trinajstić information content (AvgIpc) is 2.74. The Labute approximate surface area is 175 Å². The van der Waals surface area contributed by atoms with Gasteiger partial charge in [-0.05, 0) is 54.1 Å². The molecular weight excluding hydrogens is 386 g/mol. The highest BCUT2D eigenvalue weighted by Crippen LogP contribution is 2.18. The first-order valence-electron chi connectivity index (χ1n) is 9.10. The van der Waals surface area contributed by atoms with Crippen molar-refractivity contribution in [1.29, 1.82) is 0 Å². The lowest BCUT2D eigenvalue weighted by atomic mass is 10.2. The number of carbonyl (C=O) groups excluding carboxylic acids is 1. The minimum absolute atomic E-state index is 0.272. The van der Waals surface area contributed by atoms with Gasteiger partial charge in [-0.2, -0.15) is 5.10 Å². The second kappa shape index (κ2) is 9.75. The lowest BCUT2D eigenvalue weighted by Gasteiger charge is -2.12. The normalized spacial score (nSPS) is 10.7. The van der Waals surface area contributed by atoms with Crippen molar-refractivity contribution in [2.24, 2.45) is 5.10 Å². The smallest absolute Gasteiger partial charge is 0.271 e. The van der Waals surface area contributed by atoms with E-state index in [0.717, 1.165) is 16.8 Å². The Morgan fingerprint density at radius 3 is 2.41 bits per heavy atom. The summed E-state index contributed by atoms with van der Waals surface area (Å²) in [6.07, 6.45) is 1.57. The number of hydrogen-bond acceptors (Lipinski definition) is 4. The van der Waals surface area contributed by atoms with Gasteiger partial charge in [0.1, 0.15) is 12.4 Å².